The molecule has 2 aromatic rings. The zero-order valence-corrected chi connectivity index (χ0v) is 13.8. The van der Waals surface area contributed by atoms with Crippen molar-refractivity contribution >= 4 is 0 Å². The molecule has 23 heavy (non-hydrogen) atoms. The van der Waals surface area contributed by atoms with E-state index in [-0.39, 0.29) is 11.6 Å². The molecule has 1 saturated carbocycles. The van der Waals surface area contributed by atoms with Crippen molar-refractivity contribution in [2.75, 3.05) is 7.11 Å². The third-order valence-electron chi connectivity index (χ3n) is 4.24. The van der Waals surface area contributed by atoms with Crippen LogP contribution in [0, 0.1) is 24.7 Å². The number of hydrogen-bond donors (Lipinski definition) is 0. The van der Waals surface area contributed by atoms with Gasteiger partial charge in [0.2, 0.25) is 0 Å². The Morgan fingerprint density at radius 1 is 1.22 bits per heavy atom. The van der Waals surface area contributed by atoms with Gasteiger partial charge in [0, 0.05) is 23.2 Å². The smallest absolute Gasteiger partial charge is 0.252 e. The minimum atomic E-state index is -0.0288. The number of aromatic nitrogens is 1. The second kappa shape index (κ2) is 6.34. The first kappa shape index (κ1) is 15.4. The molecule has 0 aliphatic heterocycles. The Morgan fingerprint density at radius 2 is 1.91 bits per heavy atom. The number of methoxy groups -OCH3 is 1. The van der Waals surface area contributed by atoms with Crippen molar-refractivity contribution in [2.24, 2.45) is 5.92 Å². The van der Waals surface area contributed by atoms with Crippen molar-refractivity contribution in [1.29, 1.82) is 0 Å². The standard InChI is InChI=1S/C20H21NO2/c1-14-12-17(7-6-16-4-5-16)13-20(22)21(14)15(2)18-8-10-19(23-3)11-9-18/h8-13,15-16H,4-5H2,1-3H3/t15-/m1/s1. The summed E-state index contributed by atoms with van der Waals surface area (Å²) < 4.78 is 6.99. The van der Waals surface area contributed by atoms with Crippen molar-refractivity contribution in [3.05, 3.63) is 63.6 Å². The number of rotatable bonds is 3. The molecule has 0 bridgehead atoms. The fraction of sp³-hybridized carbons (Fsp3) is 0.350. The summed E-state index contributed by atoms with van der Waals surface area (Å²) in [5, 5.41) is 0. The maximum Gasteiger partial charge on any atom is 0.252 e. The van der Waals surface area contributed by atoms with Gasteiger partial charge >= 0.3 is 0 Å². The highest BCUT2D eigenvalue weighted by atomic mass is 16.5. The molecular weight excluding hydrogens is 286 g/mol. The number of aryl methyl sites for hydroxylation is 1. The van der Waals surface area contributed by atoms with Crippen LogP contribution in [0.5, 0.6) is 5.75 Å². The molecule has 0 amide bonds. The Morgan fingerprint density at radius 3 is 2.48 bits per heavy atom. The molecule has 3 rings (SSSR count). The summed E-state index contributed by atoms with van der Waals surface area (Å²) in [6.45, 7) is 4.00. The summed E-state index contributed by atoms with van der Waals surface area (Å²) >= 11 is 0. The number of nitrogens with zero attached hydrogens (tertiary/aromatic N) is 1. The molecule has 1 aromatic heterocycles. The highest BCUT2D eigenvalue weighted by Crippen LogP contribution is 2.27. The van der Waals surface area contributed by atoms with Gasteiger partial charge in [-0.1, -0.05) is 24.0 Å². The molecule has 0 N–H and O–H groups in total. The maximum absolute atomic E-state index is 12.5. The topological polar surface area (TPSA) is 31.2 Å². The summed E-state index contributed by atoms with van der Waals surface area (Å²) in [6.07, 6.45) is 2.38. The highest BCUT2D eigenvalue weighted by molar-refractivity contribution is 5.37. The zero-order valence-electron chi connectivity index (χ0n) is 13.8. The first-order valence-corrected chi connectivity index (χ1v) is 7.97. The Bertz CT molecular complexity index is 817. The lowest BCUT2D eigenvalue weighted by molar-refractivity contribution is 0.414. The first-order valence-electron chi connectivity index (χ1n) is 7.97. The fourth-order valence-electron chi connectivity index (χ4n) is 2.73. The molecule has 118 valence electrons. The minimum absolute atomic E-state index is 0.00610. The third-order valence-corrected chi connectivity index (χ3v) is 4.24. The molecule has 1 fully saturated rings. The normalized spacial score (nSPS) is 14.7. The Balaban J connectivity index is 1.92. The van der Waals surface area contributed by atoms with Crippen LogP contribution in [0.1, 0.15) is 42.6 Å². The molecule has 0 saturated heterocycles. The second-order valence-corrected chi connectivity index (χ2v) is 6.09. The third kappa shape index (κ3) is 3.48. The Kier molecular flexibility index (Phi) is 4.25. The summed E-state index contributed by atoms with van der Waals surface area (Å²) in [6, 6.07) is 11.4. The van der Waals surface area contributed by atoms with E-state index in [4.69, 9.17) is 4.74 Å². The van der Waals surface area contributed by atoms with E-state index in [2.05, 4.69) is 11.8 Å². The van der Waals surface area contributed by atoms with Gasteiger partial charge < -0.3 is 9.30 Å². The van der Waals surface area contributed by atoms with Crippen LogP contribution in [0.15, 0.2) is 41.2 Å². The van der Waals surface area contributed by atoms with E-state index in [1.807, 2.05) is 48.7 Å². The van der Waals surface area contributed by atoms with Crippen molar-refractivity contribution in [3.63, 3.8) is 0 Å². The number of pyridine rings is 1. The summed E-state index contributed by atoms with van der Waals surface area (Å²) in [7, 11) is 1.65. The number of benzene rings is 1. The lowest BCUT2D eigenvalue weighted by atomic mass is 10.1. The van der Waals surface area contributed by atoms with Crippen LogP contribution in [0.4, 0.5) is 0 Å². The van der Waals surface area contributed by atoms with E-state index in [0.717, 1.165) is 22.6 Å². The molecule has 1 aliphatic rings. The molecule has 0 radical (unpaired) electrons. The average molecular weight is 307 g/mol. The van der Waals surface area contributed by atoms with Gasteiger partial charge in [-0.2, -0.15) is 0 Å². The van der Waals surface area contributed by atoms with Gasteiger partial charge in [0.05, 0.1) is 13.2 Å². The summed E-state index contributed by atoms with van der Waals surface area (Å²) in [5.41, 5.74) is 2.82. The maximum atomic E-state index is 12.5. The van der Waals surface area contributed by atoms with Crippen LogP contribution < -0.4 is 10.3 Å². The predicted molar refractivity (Wildman–Crippen MR) is 91.8 cm³/mol. The van der Waals surface area contributed by atoms with Gasteiger partial charge in [0.25, 0.3) is 5.56 Å². The van der Waals surface area contributed by atoms with E-state index >= 15 is 0 Å². The van der Waals surface area contributed by atoms with Crippen molar-refractivity contribution in [1.82, 2.24) is 4.57 Å². The van der Waals surface area contributed by atoms with Crippen molar-refractivity contribution in [3.8, 4) is 17.6 Å². The Hall–Kier alpha value is -2.47. The minimum Gasteiger partial charge on any atom is -0.497 e. The van der Waals surface area contributed by atoms with Crippen LogP contribution in [-0.2, 0) is 0 Å². The van der Waals surface area contributed by atoms with E-state index in [1.54, 1.807) is 13.2 Å². The van der Waals surface area contributed by atoms with Crippen LogP contribution in [0.25, 0.3) is 0 Å². The molecule has 0 unspecified atom stereocenters. The van der Waals surface area contributed by atoms with Gasteiger partial charge in [-0.3, -0.25) is 4.79 Å². The van der Waals surface area contributed by atoms with Crippen molar-refractivity contribution in [2.45, 2.75) is 32.7 Å². The largest absolute Gasteiger partial charge is 0.497 e. The van der Waals surface area contributed by atoms with Gasteiger partial charge in [0.15, 0.2) is 0 Å². The lowest BCUT2D eigenvalue weighted by Gasteiger charge is -2.19. The fourth-order valence-corrected chi connectivity index (χ4v) is 2.73. The van der Waals surface area contributed by atoms with E-state index in [1.165, 1.54) is 12.8 Å². The predicted octanol–water partition coefficient (Wildman–Crippen LogP) is 3.54. The second-order valence-electron chi connectivity index (χ2n) is 6.09. The number of hydrogen-bond acceptors (Lipinski definition) is 2. The lowest BCUT2D eigenvalue weighted by Crippen LogP contribution is -2.25. The van der Waals surface area contributed by atoms with Gasteiger partial charge in [0.1, 0.15) is 5.75 Å². The molecule has 1 aliphatic carbocycles. The zero-order chi connectivity index (χ0) is 16.4. The summed E-state index contributed by atoms with van der Waals surface area (Å²) in [5.74, 6) is 7.69. The molecule has 1 heterocycles. The first-order chi connectivity index (χ1) is 11.1. The quantitative estimate of drug-likeness (QED) is 0.812. The van der Waals surface area contributed by atoms with Gasteiger partial charge in [-0.05, 0) is 50.5 Å². The van der Waals surface area contributed by atoms with Gasteiger partial charge in [-0.15, -0.1) is 0 Å². The molecule has 1 atom stereocenters. The van der Waals surface area contributed by atoms with Crippen LogP contribution in [0.3, 0.4) is 0 Å². The Labute approximate surface area is 136 Å². The average Bonchev–Trinajstić information content (AvgIpc) is 3.36. The van der Waals surface area contributed by atoms with E-state index < -0.39 is 0 Å². The molecule has 3 heteroatoms. The monoisotopic (exact) mass is 307 g/mol. The molecule has 0 spiro atoms. The van der Waals surface area contributed by atoms with Crippen LogP contribution in [0.2, 0.25) is 0 Å². The van der Waals surface area contributed by atoms with Crippen LogP contribution >= 0.6 is 0 Å². The van der Waals surface area contributed by atoms with Crippen molar-refractivity contribution < 1.29 is 4.74 Å². The van der Waals surface area contributed by atoms with E-state index in [9.17, 15) is 4.79 Å². The molecule has 1 aromatic carbocycles. The van der Waals surface area contributed by atoms with Crippen LogP contribution in [-0.4, -0.2) is 11.7 Å². The molecular formula is C20H21NO2. The summed E-state index contributed by atoms with van der Waals surface area (Å²) in [4.78, 5) is 12.5. The van der Waals surface area contributed by atoms with Gasteiger partial charge in [-0.25, -0.2) is 0 Å². The highest BCUT2D eigenvalue weighted by Gasteiger charge is 2.18. The SMILES string of the molecule is COc1ccc([C@@H](C)n2c(C)cc(C#CC3CC3)cc2=O)cc1. The van der Waals surface area contributed by atoms with E-state index in [0.29, 0.717) is 5.92 Å². The number of ether oxygens (including phenoxy) is 1. The molecule has 3 nitrogen and oxygen atoms in total.